The number of hydrogen-bond acceptors (Lipinski definition) is 2. The van der Waals surface area contributed by atoms with Gasteiger partial charge in [0, 0.05) is 0 Å². The molecule has 0 unspecified atom stereocenters. The largest absolute Gasteiger partial charge is 1.00 e. The van der Waals surface area contributed by atoms with E-state index >= 15 is 0 Å². The van der Waals surface area contributed by atoms with Crippen LogP contribution in [0, 0.1) is 0 Å². The highest BCUT2D eigenvalue weighted by Crippen LogP contribution is 2.12. The first kappa shape index (κ1) is 47.4. The van der Waals surface area contributed by atoms with E-state index in [-0.39, 0.29) is 18.0 Å². The lowest BCUT2D eigenvalue weighted by Gasteiger charge is -2.28. The van der Waals surface area contributed by atoms with Crippen LogP contribution >= 0.6 is 0 Å². The van der Waals surface area contributed by atoms with Crippen molar-refractivity contribution < 1.29 is 31.3 Å². The number of nitrogens with zero attached hydrogens (tertiary/aromatic N) is 2. The van der Waals surface area contributed by atoms with E-state index in [9.17, 15) is 9.90 Å². The van der Waals surface area contributed by atoms with Crippen molar-refractivity contribution in [3.05, 3.63) is 12.2 Å². The van der Waals surface area contributed by atoms with Crippen LogP contribution in [0.5, 0.6) is 0 Å². The lowest BCUT2D eigenvalue weighted by molar-refractivity contribution is -0.888. The van der Waals surface area contributed by atoms with Crippen LogP contribution in [0.4, 0.5) is 0 Å². The summed E-state index contributed by atoms with van der Waals surface area (Å²) in [6.45, 7) is 18.9. The van der Waals surface area contributed by atoms with Gasteiger partial charge in [-0.25, -0.2) is 0 Å². The number of aliphatic carboxylic acids is 1. The highest BCUT2D eigenvalue weighted by atomic mass is 35.5. The molecule has 0 aromatic carbocycles. The van der Waals surface area contributed by atoms with Crippen LogP contribution in [0.2, 0.25) is 0 Å². The topological polar surface area (TPSA) is 40.1 Å². The molecule has 0 atom stereocenters. The van der Waals surface area contributed by atoms with Gasteiger partial charge < -0.3 is 31.3 Å². The SMILES string of the molecule is C=C(C)C(=O)[O-].CCCCCCCCCCCC[N+](C)(C)CC.CCCCCCCCCCCC[N+](C)(C)CC.[Cl-]. The van der Waals surface area contributed by atoms with Crippen molar-refractivity contribution in [3.63, 3.8) is 0 Å². The van der Waals surface area contributed by atoms with Gasteiger partial charge in [0.15, 0.2) is 0 Å². The van der Waals surface area contributed by atoms with Crippen molar-refractivity contribution in [3.8, 4) is 0 Å². The summed E-state index contributed by atoms with van der Waals surface area (Å²) in [5.41, 5.74) is 0.0648. The molecule has 0 aromatic heterocycles. The summed E-state index contributed by atoms with van der Waals surface area (Å²) in [6, 6.07) is 0. The van der Waals surface area contributed by atoms with Crippen LogP contribution in [0.1, 0.15) is 163 Å². The molecule has 4 nitrogen and oxygen atoms in total. The van der Waals surface area contributed by atoms with E-state index in [2.05, 4.69) is 62.5 Å². The molecule has 0 rings (SSSR count). The molecule has 0 aliphatic rings. The summed E-state index contributed by atoms with van der Waals surface area (Å²) in [7, 11) is 9.36. The molecule has 0 amide bonds. The van der Waals surface area contributed by atoms with Crippen molar-refractivity contribution in [1.29, 1.82) is 0 Å². The van der Waals surface area contributed by atoms with Gasteiger partial charge in [0.25, 0.3) is 0 Å². The van der Waals surface area contributed by atoms with E-state index in [1.165, 1.54) is 170 Å². The summed E-state index contributed by atoms with van der Waals surface area (Å²) in [5, 5.41) is 9.49. The molecule has 0 fully saturated rings. The number of hydrogen-bond donors (Lipinski definition) is 0. The average Bonchev–Trinajstić information content (AvgIpc) is 2.91. The minimum absolute atomic E-state index is 0. The van der Waals surface area contributed by atoms with E-state index in [1.54, 1.807) is 0 Å². The quantitative estimate of drug-likeness (QED) is 0.0694. The Hall–Kier alpha value is -0.580. The molecule has 0 saturated carbocycles. The fourth-order valence-corrected chi connectivity index (χ4v) is 4.37. The summed E-state index contributed by atoms with van der Waals surface area (Å²) < 4.78 is 2.38. The van der Waals surface area contributed by atoms with Crippen LogP contribution in [-0.4, -0.2) is 69.3 Å². The van der Waals surface area contributed by atoms with E-state index in [1.807, 2.05) is 0 Å². The van der Waals surface area contributed by atoms with Gasteiger partial charge in [-0.3, -0.25) is 0 Å². The molecule has 0 N–H and O–H groups in total. The Morgan fingerprint density at radius 2 is 0.707 bits per heavy atom. The monoisotopic (exact) mass is 605 g/mol. The Kier molecular flexibility index (Phi) is 39.2. The van der Waals surface area contributed by atoms with Crippen molar-refractivity contribution in [2.24, 2.45) is 0 Å². The van der Waals surface area contributed by atoms with Gasteiger partial charge in [-0.2, -0.15) is 0 Å². The third-order valence-corrected chi connectivity index (χ3v) is 8.29. The van der Waals surface area contributed by atoms with Crippen LogP contribution in [0.15, 0.2) is 12.2 Å². The Balaban J connectivity index is -0.000000273. The smallest absolute Gasteiger partial charge is 0.0782 e. The summed E-state index contributed by atoms with van der Waals surface area (Å²) in [4.78, 5) is 9.49. The number of carbonyl (C=O) groups is 1. The first-order chi connectivity index (χ1) is 18.9. The molecule has 0 saturated heterocycles. The highest BCUT2D eigenvalue weighted by molar-refractivity contribution is 5.82. The number of carboxylic acids is 1. The normalized spacial score (nSPS) is 11.0. The summed E-state index contributed by atoms with van der Waals surface area (Å²) >= 11 is 0. The van der Waals surface area contributed by atoms with Gasteiger partial charge in [-0.05, 0) is 52.0 Å². The molecule has 0 aliphatic carbocycles. The van der Waals surface area contributed by atoms with Crippen LogP contribution in [0.25, 0.3) is 0 Å². The molecule has 5 heteroatoms. The van der Waals surface area contributed by atoms with E-state index in [4.69, 9.17) is 0 Å². The number of rotatable bonds is 25. The molecule has 0 aromatic rings. The summed E-state index contributed by atoms with van der Waals surface area (Å²) in [6.07, 6.45) is 28.9. The Labute approximate surface area is 266 Å². The van der Waals surface area contributed by atoms with Crippen molar-refractivity contribution in [1.82, 2.24) is 0 Å². The second-order valence-electron chi connectivity index (χ2n) is 13.4. The van der Waals surface area contributed by atoms with Crippen LogP contribution in [-0.2, 0) is 4.79 Å². The fourth-order valence-electron chi connectivity index (χ4n) is 4.37. The zero-order chi connectivity index (χ0) is 31.1. The maximum atomic E-state index is 9.49. The molecule has 41 heavy (non-hydrogen) atoms. The highest BCUT2D eigenvalue weighted by Gasteiger charge is 2.10. The third kappa shape index (κ3) is 44.0. The molecule has 0 heterocycles. The van der Waals surface area contributed by atoms with Crippen LogP contribution in [0.3, 0.4) is 0 Å². The average molecular weight is 605 g/mol. The van der Waals surface area contributed by atoms with Crippen molar-refractivity contribution in [2.45, 2.75) is 163 Å². The standard InChI is InChI=1S/2C16H36N.C4H6O2.ClH/c2*1-5-7-8-9-10-11-12-13-14-15-16-17(3,4)6-2;1-3(2)4(5)6;/h2*5-16H2,1-4H3;1H2,2H3,(H,5,6);1H/q2*+1;;/p-2. The molecule has 0 bridgehead atoms. The molecule has 250 valence electrons. The summed E-state index contributed by atoms with van der Waals surface area (Å²) in [5.74, 6) is -1.19. The first-order valence-corrected chi connectivity index (χ1v) is 17.4. The lowest BCUT2D eigenvalue weighted by Crippen LogP contribution is -3.00. The molecular formula is C36H77ClN2O2. The zero-order valence-corrected chi connectivity index (χ0v) is 30.5. The number of halogens is 1. The van der Waals surface area contributed by atoms with Gasteiger partial charge in [0.05, 0.1) is 60.3 Å². The zero-order valence-electron chi connectivity index (χ0n) is 29.8. The second kappa shape index (κ2) is 33.9. The molecule has 0 aliphatic heterocycles. The lowest BCUT2D eigenvalue weighted by atomic mass is 10.1. The minimum atomic E-state index is -1.19. The van der Waals surface area contributed by atoms with Gasteiger partial charge in [0.2, 0.25) is 0 Å². The van der Waals surface area contributed by atoms with Crippen molar-refractivity contribution >= 4 is 5.97 Å². The molecule has 0 radical (unpaired) electrons. The Morgan fingerprint density at radius 1 is 0.512 bits per heavy atom. The first-order valence-electron chi connectivity index (χ1n) is 17.4. The number of carbonyl (C=O) groups excluding carboxylic acids is 1. The van der Waals surface area contributed by atoms with Gasteiger partial charge in [-0.1, -0.05) is 123 Å². The fraction of sp³-hybridized carbons (Fsp3) is 0.917. The second-order valence-corrected chi connectivity index (χ2v) is 13.4. The van der Waals surface area contributed by atoms with E-state index in [0.717, 1.165) is 0 Å². The number of carboxylic acid groups (broad SMARTS) is 1. The van der Waals surface area contributed by atoms with Crippen molar-refractivity contribution in [2.75, 3.05) is 54.4 Å². The molecule has 0 spiro atoms. The van der Waals surface area contributed by atoms with E-state index in [0.29, 0.717) is 0 Å². The van der Waals surface area contributed by atoms with Crippen LogP contribution < -0.4 is 17.5 Å². The predicted molar refractivity (Wildman–Crippen MR) is 179 cm³/mol. The number of unbranched alkanes of at least 4 members (excludes halogenated alkanes) is 18. The van der Waals surface area contributed by atoms with Gasteiger partial charge >= 0.3 is 0 Å². The minimum Gasteiger partial charge on any atom is -1.00 e. The third-order valence-electron chi connectivity index (χ3n) is 8.29. The van der Waals surface area contributed by atoms with Gasteiger partial charge in [0.1, 0.15) is 0 Å². The Morgan fingerprint density at radius 3 is 0.878 bits per heavy atom. The van der Waals surface area contributed by atoms with Gasteiger partial charge in [-0.15, -0.1) is 0 Å². The molecular weight excluding hydrogens is 528 g/mol. The maximum absolute atomic E-state index is 9.49. The predicted octanol–water partition coefficient (Wildman–Crippen LogP) is 6.32. The number of quaternary nitrogens is 2. The van der Waals surface area contributed by atoms with E-state index < -0.39 is 5.97 Å². The Bertz CT molecular complexity index is 502. The maximum Gasteiger partial charge on any atom is 0.0782 e.